The van der Waals surface area contributed by atoms with E-state index in [9.17, 15) is 8.42 Å². The van der Waals surface area contributed by atoms with Crippen molar-refractivity contribution in [3.8, 4) is 0 Å². The second-order valence-electron chi connectivity index (χ2n) is 4.91. The average molecular weight is 372 g/mol. The number of anilines is 1. The van der Waals surface area contributed by atoms with E-state index in [-0.39, 0.29) is 10.6 Å². The van der Waals surface area contributed by atoms with Gasteiger partial charge in [0, 0.05) is 12.7 Å². The van der Waals surface area contributed by atoms with E-state index in [2.05, 4.69) is 21.0 Å². The fourth-order valence-corrected chi connectivity index (χ4v) is 4.86. The average Bonchev–Trinajstić information content (AvgIpc) is 2.68. The van der Waals surface area contributed by atoms with Gasteiger partial charge in [-0.05, 0) is 47.0 Å². The second-order valence-corrected chi connectivity index (χ2v) is 7.66. The van der Waals surface area contributed by atoms with E-state index in [0.717, 1.165) is 16.6 Å². The molecule has 7 heteroatoms. The van der Waals surface area contributed by atoms with Gasteiger partial charge in [0.05, 0.1) is 26.5 Å². The molecule has 0 aliphatic heterocycles. The molecule has 5 nitrogen and oxygen atoms in total. The zero-order valence-corrected chi connectivity index (χ0v) is 14.6. The summed E-state index contributed by atoms with van der Waals surface area (Å²) in [4.78, 5) is 0.272. The number of halogens is 1. The lowest BCUT2D eigenvalue weighted by Crippen LogP contribution is -2.11. The van der Waals surface area contributed by atoms with Crippen LogP contribution in [0.5, 0.6) is 0 Å². The van der Waals surface area contributed by atoms with Gasteiger partial charge in [-0.1, -0.05) is 13.0 Å². The van der Waals surface area contributed by atoms with Crippen molar-refractivity contribution in [3.05, 3.63) is 39.6 Å². The molecule has 0 amide bonds. The molecule has 0 aliphatic carbocycles. The molecule has 2 N–H and O–H groups in total. The minimum absolute atomic E-state index is 0.110. The molecule has 0 unspecified atom stereocenters. The minimum atomic E-state index is -3.48. The fraction of sp³-hybridized carbons (Fsp3) is 0.357. The van der Waals surface area contributed by atoms with Crippen molar-refractivity contribution in [1.82, 2.24) is 9.78 Å². The molecule has 1 aromatic carbocycles. The van der Waals surface area contributed by atoms with Gasteiger partial charge in [0.1, 0.15) is 0 Å². The summed E-state index contributed by atoms with van der Waals surface area (Å²) in [6, 6.07) is 4.94. The number of nitrogens with two attached hydrogens (primary N) is 1. The maximum atomic E-state index is 12.7. The third kappa shape index (κ3) is 2.98. The van der Waals surface area contributed by atoms with Gasteiger partial charge in [-0.15, -0.1) is 0 Å². The van der Waals surface area contributed by atoms with E-state index in [1.165, 1.54) is 0 Å². The Morgan fingerprint density at radius 3 is 2.62 bits per heavy atom. The SMILES string of the molecule is CCc1nn(C)c(CS(=O)(=O)c2cccc(N)c2C)c1Br. The monoisotopic (exact) mass is 371 g/mol. The molecule has 0 spiro atoms. The number of nitrogens with zero attached hydrogens (tertiary/aromatic N) is 2. The number of rotatable bonds is 4. The number of aromatic nitrogens is 2. The molecule has 0 aliphatic rings. The molecule has 0 saturated carbocycles. The summed E-state index contributed by atoms with van der Waals surface area (Å²) in [7, 11) is -1.73. The van der Waals surface area contributed by atoms with Crippen LogP contribution in [0.3, 0.4) is 0 Å². The molecule has 21 heavy (non-hydrogen) atoms. The molecule has 2 rings (SSSR count). The Labute approximate surface area is 133 Å². The third-order valence-electron chi connectivity index (χ3n) is 3.49. The summed E-state index contributed by atoms with van der Waals surface area (Å²) in [6.45, 7) is 3.70. The number of benzene rings is 1. The van der Waals surface area contributed by atoms with Crippen LogP contribution in [0.2, 0.25) is 0 Å². The van der Waals surface area contributed by atoms with Gasteiger partial charge in [-0.25, -0.2) is 8.42 Å². The van der Waals surface area contributed by atoms with E-state index in [4.69, 9.17) is 5.73 Å². The maximum absolute atomic E-state index is 12.7. The maximum Gasteiger partial charge on any atom is 0.184 e. The lowest BCUT2D eigenvalue weighted by molar-refractivity contribution is 0.591. The molecular weight excluding hydrogens is 354 g/mol. The second kappa shape index (κ2) is 5.81. The molecule has 114 valence electrons. The van der Waals surface area contributed by atoms with Gasteiger partial charge < -0.3 is 5.73 Å². The van der Waals surface area contributed by atoms with Crippen molar-refractivity contribution < 1.29 is 8.42 Å². The van der Waals surface area contributed by atoms with E-state index >= 15 is 0 Å². The molecular formula is C14H18BrN3O2S. The Morgan fingerprint density at radius 2 is 2.05 bits per heavy atom. The Hall–Kier alpha value is -1.34. The zero-order chi connectivity index (χ0) is 15.8. The molecule has 1 heterocycles. The van der Waals surface area contributed by atoms with E-state index in [1.54, 1.807) is 36.9 Å². The van der Waals surface area contributed by atoms with E-state index in [1.807, 2.05) is 6.92 Å². The number of sulfone groups is 1. The van der Waals surface area contributed by atoms with E-state index < -0.39 is 9.84 Å². The quantitative estimate of drug-likeness (QED) is 0.837. The van der Waals surface area contributed by atoms with Crippen LogP contribution in [0, 0.1) is 6.92 Å². The number of aryl methyl sites for hydroxylation is 2. The summed E-state index contributed by atoms with van der Waals surface area (Å²) in [5.74, 6) is -0.110. The van der Waals surface area contributed by atoms with Crippen LogP contribution in [0.4, 0.5) is 5.69 Å². The first-order valence-corrected chi connectivity index (χ1v) is 9.00. The highest BCUT2D eigenvalue weighted by molar-refractivity contribution is 9.10. The van der Waals surface area contributed by atoms with Crippen molar-refractivity contribution in [2.24, 2.45) is 7.05 Å². The summed E-state index contributed by atoms with van der Waals surface area (Å²) < 4.78 is 27.7. The summed E-state index contributed by atoms with van der Waals surface area (Å²) >= 11 is 3.45. The normalized spacial score (nSPS) is 11.8. The highest BCUT2D eigenvalue weighted by atomic mass is 79.9. The molecule has 0 saturated heterocycles. The van der Waals surface area contributed by atoms with Crippen LogP contribution >= 0.6 is 15.9 Å². The van der Waals surface area contributed by atoms with Crippen LogP contribution in [0.25, 0.3) is 0 Å². The zero-order valence-electron chi connectivity index (χ0n) is 12.2. The molecule has 0 radical (unpaired) electrons. The predicted molar refractivity (Wildman–Crippen MR) is 86.8 cm³/mol. The Morgan fingerprint density at radius 1 is 1.38 bits per heavy atom. The Balaban J connectivity index is 2.48. The van der Waals surface area contributed by atoms with Gasteiger partial charge in [0.25, 0.3) is 0 Å². The van der Waals surface area contributed by atoms with Crippen LogP contribution in [0.1, 0.15) is 23.9 Å². The summed E-state index contributed by atoms with van der Waals surface area (Å²) in [5, 5.41) is 4.33. The fourth-order valence-electron chi connectivity index (χ4n) is 2.20. The van der Waals surface area contributed by atoms with Crippen molar-refractivity contribution >= 4 is 31.5 Å². The lowest BCUT2D eigenvalue weighted by atomic mass is 10.2. The van der Waals surface area contributed by atoms with Crippen LogP contribution in [-0.4, -0.2) is 18.2 Å². The van der Waals surface area contributed by atoms with Gasteiger partial charge in [-0.3, -0.25) is 4.68 Å². The Kier molecular flexibility index (Phi) is 4.43. The molecule has 0 bridgehead atoms. The number of hydrogen-bond acceptors (Lipinski definition) is 4. The highest BCUT2D eigenvalue weighted by Crippen LogP contribution is 2.28. The molecule has 2 aromatic rings. The van der Waals surface area contributed by atoms with E-state index in [0.29, 0.717) is 16.9 Å². The first-order chi connectivity index (χ1) is 9.77. The van der Waals surface area contributed by atoms with Crippen LogP contribution < -0.4 is 5.73 Å². The van der Waals surface area contributed by atoms with Crippen LogP contribution in [0.15, 0.2) is 27.6 Å². The topological polar surface area (TPSA) is 78.0 Å². The molecule has 0 fully saturated rings. The van der Waals surface area contributed by atoms with Crippen molar-refractivity contribution in [1.29, 1.82) is 0 Å². The van der Waals surface area contributed by atoms with Crippen LogP contribution in [-0.2, 0) is 29.1 Å². The highest BCUT2D eigenvalue weighted by Gasteiger charge is 2.23. The number of nitrogen functional groups attached to an aromatic ring is 1. The first kappa shape index (κ1) is 16.0. The largest absolute Gasteiger partial charge is 0.398 e. The van der Waals surface area contributed by atoms with Crippen molar-refractivity contribution in [3.63, 3.8) is 0 Å². The summed E-state index contributed by atoms with van der Waals surface area (Å²) in [6.07, 6.45) is 0.742. The third-order valence-corrected chi connectivity index (χ3v) is 6.17. The van der Waals surface area contributed by atoms with Crippen molar-refractivity contribution in [2.45, 2.75) is 30.9 Å². The standard InChI is InChI=1S/C14H18BrN3O2S/c1-4-11-14(15)12(18(3)17-11)8-21(19,20)13-7-5-6-10(16)9(13)2/h5-7H,4,8,16H2,1-3H3. The predicted octanol–water partition coefficient (Wildman–Crippen LogP) is 2.61. The van der Waals surface area contributed by atoms with Gasteiger partial charge in [0.2, 0.25) is 0 Å². The lowest BCUT2D eigenvalue weighted by Gasteiger charge is -2.10. The van der Waals surface area contributed by atoms with Crippen molar-refractivity contribution in [2.75, 3.05) is 5.73 Å². The molecule has 1 aromatic heterocycles. The smallest absolute Gasteiger partial charge is 0.184 e. The Bertz CT molecular complexity index is 782. The molecule has 0 atom stereocenters. The first-order valence-electron chi connectivity index (χ1n) is 6.56. The number of hydrogen-bond donors (Lipinski definition) is 1. The van der Waals surface area contributed by atoms with Gasteiger partial charge in [0.15, 0.2) is 9.84 Å². The summed E-state index contributed by atoms with van der Waals surface area (Å²) in [5.41, 5.74) is 8.38. The van der Waals surface area contributed by atoms with Gasteiger partial charge in [-0.2, -0.15) is 5.10 Å². The van der Waals surface area contributed by atoms with Gasteiger partial charge >= 0.3 is 0 Å². The minimum Gasteiger partial charge on any atom is -0.398 e.